The molecule has 676 valence electrons. The van der Waals surface area contributed by atoms with Crippen LogP contribution >= 0.6 is 31.9 Å². The van der Waals surface area contributed by atoms with E-state index >= 15 is 0 Å². The van der Waals surface area contributed by atoms with Crippen molar-refractivity contribution < 1.29 is 0 Å². The van der Waals surface area contributed by atoms with Crippen LogP contribution in [0.25, 0.3) is 65.3 Å². The number of hydrogen-bond acceptors (Lipinski definition) is 3. The maximum Gasteiger partial charge on any atom is 0.0776 e. The quantitative estimate of drug-likeness (QED) is 0.0591. The van der Waals surface area contributed by atoms with E-state index in [0.29, 0.717) is 0 Å². The summed E-state index contributed by atoms with van der Waals surface area (Å²) in [7, 11) is -10.1. The van der Waals surface area contributed by atoms with Crippen LogP contribution in [0.3, 0.4) is 0 Å². The largest absolute Gasteiger partial charge is 0.356 e. The van der Waals surface area contributed by atoms with Crippen molar-refractivity contribution in [1.82, 2.24) is 0 Å². The van der Waals surface area contributed by atoms with Gasteiger partial charge >= 0.3 is 0 Å². The molecule has 14 aromatic carbocycles. The smallest absolute Gasteiger partial charge is 0.0776 e. The SMILES string of the molecule is Brc1c2ccccc2c(Br)c2cc(-c3ccccc3)ccc12.CC(C)(C)c1cc(N(c2cc([Si](C)(C)C)cc([Si](C)(C)C)c2)c2c3ccccc3c(N(c3cc(C(C)(C)C)cc(C(C)(C)C)c3)c3cc([Si](C)(C)C)cc([Si](C)(C)C)c3)c3cc(-c4ccccc4)ccc23)cc(C(C)(C)C)c1.CC(C)(C)c1cc(Nc2cc([Si](C)(C)C)cc([Si](C)(C)C)c2)cc(C(C)(C)C)c1. The van der Waals surface area contributed by atoms with Crippen molar-refractivity contribution in [2.45, 2.75) is 275 Å². The van der Waals surface area contributed by atoms with Gasteiger partial charge in [0.1, 0.15) is 0 Å². The lowest BCUT2D eigenvalue weighted by atomic mass is 9.80. The number of fused-ring (bicyclic) bond motifs is 4. The minimum atomic E-state index is -1.84. The predicted molar refractivity (Wildman–Crippen MR) is 605 cm³/mol. The molecule has 0 aromatic heterocycles. The molecule has 0 saturated carbocycles. The van der Waals surface area contributed by atoms with Crippen LogP contribution in [0.4, 0.5) is 45.5 Å². The summed E-state index contributed by atoms with van der Waals surface area (Å²) in [6.45, 7) is 87.2. The fourth-order valence-electron chi connectivity index (χ4n) is 16.8. The number of benzene rings is 14. The van der Waals surface area contributed by atoms with Crippen molar-refractivity contribution in [3.05, 3.63) is 297 Å². The van der Waals surface area contributed by atoms with E-state index < -0.39 is 48.4 Å². The topological polar surface area (TPSA) is 18.5 Å². The molecule has 0 aliphatic heterocycles. The van der Waals surface area contributed by atoms with Gasteiger partial charge in [-0.1, -0.05) is 443 Å². The van der Waals surface area contributed by atoms with Crippen LogP contribution in [0.5, 0.6) is 0 Å². The zero-order valence-electron chi connectivity index (χ0n) is 85.4. The van der Waals surface area contributed by atoms with Gasteiger partial charge in [-0.25, -0.2) is 0 Å². The number of nitrogens with one attached hydrogen (secondary N) is 1. The van der Waals surface area contributed by atoms with Crippen molar-refractivity contribution in [1.29, 1.82) is 0 Å². The molecule has 129 heavy (non-hydrogen) atoms. The molecule has 0 spiro atoms. The number of anilines is 8. The van der Waals surface area contributed by atoms with Crippen LogP contribution in [-0.2, 0) is 32.5 Å². The summed E-state index contributed by atoms with van der Waals surface area (Å²) in [6.07, 6.45) is 0. The number of rotatable bonds is 16. The van der Waals surface area contributed by atoms with Gasteiger partial charge in [0.05, 0.1) is 59.8 Å². The van der Waals surface area contributed by atoms with E-state index in [-0.39, 0.29) is 32.5 Å². The van der Waals surface area contributed by atoms with Crippen LogP contribution in [0.15, 0.2) is 264 Å². The third kappa shape index (κ3) is 23.2. The first-order valence-electron chi connectivity index (χ1n) is 47.1. The molecule has 3 nitrogen and oxygen atoms in total. The highest BCUT2D eigenvalue weighted by Gasteiger charge is 2.36. The summed E-state index contributed by atoms with van der Waals surface area (Å²) in [5.41, 5.74) is 22.7. The molecular weight excluding hydrogens is 1790 g/mol. The second-order valence-corrected chi connectivity index (χ2v) is 81.2. The first-order chi connectivity index (χ1) is 59.3. The van der Waals surface area contributed by atoms with Crippen LogP contribution in [0.2, 0.25) is 118 Å². The van der Waals surface area contributed by atoms with Crippen LogP contribution in [-0.4, -0.2) is 48.4 Å². The van der Waals surface area contributed by atoms with Gasteiger partial charge in [-0.15, -0.1) is 0 Å². The van der Waals surface area contributed by atoms with E-state index in [4.69, 9.17) is 0 Å². The van der Waals surface area contributed by atoms with E-state index in [2.05, 4.69) is 538 Å². The first-order valence-corrected chi connectivity index (χ1v) is 69.7. The standard InChI is InChI=1S/C72H96N2Si4.C26H43NSi2.C20H12Br2/c1-69(2,3)51-37-52(70(4,5)6)40-55(39-51)73(57-43-59(75(13,14)15)47-60(44-57)76(16,17)18)67-63-32-28-29-33-64(63)68(66-36-50(34-35-65(66)67)49-30-26-25-27-31-49)74(56-41-53(71(7,8)9)38-54(42-56)72(10,11)12)58-45-61(77(19,20)21)48-62(46-58)78(22,23)24;1-25(2,3)19-13-20(26(4,5)6)15-21(14-19)27-22-16-23(28(7,8)9)18-24(17-22)29(10,11)12;21-19-15-8-4-5-9-16(15)20(22)18-12-14(10-11-17(18)19)13-6-2-1-3-7-13/h25-48H,1-24H3;13-18,27H,1-12H3;1-12H. The summed E-state index contributed by atoms with van der Waals surface area (Å²) in [5, 5.41) is 22.7. The Morgan fingerprint density at radius 2 is 0.426 bits per heavy atom. The van der Waals surface area contributed by atoms with Gasteiger partial charge in [0.2, 0.25) is 0 Å². The third-order valence-electron chi connectivity index (χ3n) is 25.8. The highest BCUT2D eigenvalue weighted by atomic mass is 79.9. The van der Waals surface area contributed by atoms with E-state index in [9.17, 15) is 0 Å². The number of hydrogen-bond donors (Lipinski definition) is 1. The lowest BCUT2D eigenvalue weighted by Gasteiger charge is -2.37. The van der Waals surface area contributed by atoms with Crippen molar-refractivity contribution >= 4 is 200 Å². The molecule has 1 N–H and O–H groups in total. The predicted octanol–water partition coefficient (Wildman–Crippen LogP) is 34.3. The third-order valence-corrected chi connectivity index (χ3v) is 39.6. The highest BCUT2D eigenvalue weighted by Crippen LogP contribution is 2.54. The Morgan fingerprint density at radius 3 is 0.729 bits per heavy atom. The molecule has 0 bridgehead atoms. The van der Waals surface area contributed by atoms with Crippen molar-refractivity contribution in [2.24, 2.45) is 0 Å². The lowest BCUT2D eigenvalue weighted by Crippen LogP contribution is -2.45. The Hall–Kier alpha value is -8.22. The summed E-state index contributed by atoms with van der Waals surface area (Å²) < 4.78 is 2.31. The first kappa shape index (κ1) is 99.8. The Kier molecular flexibility index (Phi) is 28.3. The van der Waals surface area contributed by atoms with E-state index in [1.807, 2.05) is 6.07 Å². The molecule has 0 unspecified atom stereocenters. The maximum atomic E-state index is 3.80. The molecule has 11 heteroatoms. The van der Waals surface area contributed by atoms with Crippen molar-refractivity contribution in [3.63, 3.8) is 0 Å². The summed E-state index contributed by atoms with van der Waals surface area (Å²) in [4.78, 5) is 5.43. The summed E-state index contributed by atoms with van der Waals surface area (Å²) in [6, 6.07) is 98.4. The molecule has 0 radical (unpaired) electrons. The highest BCUT2D eigenvalue weighted by molar-refractivity contribution is 9.11. The molecule has 0 heterocycles. The van der Waals surface area contributed by atoms with Crippen molar-refractivity contribution in [2.75, 3.05) is 15.1 Å². The van der Waals surface area contributed by atoms with E-state index in [1.165, 1.54) is 165 Å². The van der Waals surface area contributed by atoms with Gasteiger partial charge in [0.25, 0.3) is 0 Å². The number of nitrogens with zero attached hydrogens (tertiary/aromatic N) is 2. The molecular formula is C118H151Br2N3Si6. The number of halogens is 2. The Labute approximate surface area is 802 Å². The molecule has 0 saturated heterocycles. The fraction of sp³-hybridized carbons (Fsp3) is 0.356. The van der Waals surface area contributed by atoms with Gasteiger partial charge in [0.15, 0.2) is 0 Å². The molecule has 0 aliphatic rings. The van der Waals surface area contributed by atoms with Crippen LogP contribution < -0.4 is 46.2 Å². The van der Waals surface area contributed by atoms with Crippen LogP contribution in [0.1, 0.15) is 158 Å². The van der Waals surface area contributed by atoms with Gasteiger partial charge in [-0.05, 0) is 226 Å². The summed E-state index contributed by atoms with van der Waals surface area (Å²) >= 11 is 7.58. The minimum Gasteiger partial charge on any atom is -0.356 e. The zero-order chi connectivity index (χ0) is 95.2. The van der Waals surface area contributed by atoms with E-state index in [0.717, 1.165) is 8.95 Å². The second kappa shape index (κ2) is 36.6. The minimum absolute atomic E-state index is 0.0862. The Morgan fingerprint density at radius 1 is 0.202 bits per heavy atom. The molecule has 0 aliphatic carbocycles. The Bertz CT molecular complexity index is 6060. The van der Waals surface area contributed by atoms with Gasteiger partial charge in [-0.3, -0.25) is 0 Å². The van der Waals surface area contributed by atoms with Gasteiger partial charge < -0.3 is 15.1 Å². The van der Waals surface area contributed by atoms with Gasteiger partial charge in [-0.2, -0.15) is 0 Å². The monoisotopic (exact) mass is 1940 g/mol. The Balaban J connectivity index is 0.000000237. The average Bonchev–Trinajstić information content (AvgIpc) is 0.714. The maximum absolute atomic E-state index is 3.80. The fourth-order valence-corrected chi connectivity index (χ4v) is 25.7. The van der Waals surface area contributed by atoms with Gasteiger partial charge in [0, 0.05) is 64.6 Å². The molecule has 0 amide bonds. The molecule has 0 fully saturated rings. The average molecular weight is 1940 g/mol. The van der Waals surface area contributed by atoms with E-state index in [1.54, 1.807) is 10.4 Å². The lowest BCUT2D eigenvalue weighted by molar-refractivity contribution is 0.568. The van der Waals surface area contributed by atoms with Crippen molar-refractivity contribution in [3.8, 4) is 22.3 Å². The van der Waals surface area contributed by atoms with Crippen LogP contribution in [0, 0.1) is 0 Å². The normalized spacial score (nSPS) is 13.0. The zero-order valence-corrected chi connectivity index (χ0v) is 94.6. The summed E-state index contributed by atoms with van der Waals surface area (Å²) in [5.74, 6) is 0. The second-order valence-electron chi connectivity index (χ2n) is 49.1. The molecule has 14 aromatic rings. The molecule has 14 rings (SSSR count). The molecule has 0 atom stereocenters.